The zero-order chi connectivity index (χ0) is 23.4. The van der Waals surface area contributed by atoms with E-state index in [-0.39, 0.29) is 22.4 Å². The lowest BCUT2D eigenvalue weighted by atomic mass is 9.97. The predicted molar refractivity (Wildman–Crippen MR) is 123 cm³/mol. The first kappa shape index (κ1) is 20.6. The van der Waals surface area contributed by atoms with Crippen molar-refractivity contribution < 1.29 is 14.1 Å². The number of non-ortho nitro benzene ring substituents is 1. The molecule has 4 aromatic rings. The minimum absolute atomic E-state index is 0.0736. The zero-order valence-electron chi connectivity index (χ0n) is 18.2. The Hall–Kier alpha value is -4.33. The van der Waals surface area contributed by atoms with Gasteiger partial charge in [-0.15, -0.1) is 0 Å². The van der Waals surface area contributed by atoms with Crippen molar-refractivity contribution in [3.8, 4) is 0 Å². The Balaban J connectivity index is 1.84. The molecule has 164 valence electrons. The number of benzene rings is 2. The smallest absolute Gasteiger partial charge is 0.296 e. The third-order valence-electron chi connectivity index (χ3n) is 6.00. The number of nitro groups is 1. The lowest BCUT2D eigenvalue weighted by molar-refractivity contribution is -0.384. The number of nitro benzene ring substituents is 1. The van der Waals surface area contributed by atoms with Crippen LogP contribution in [0.1, 0.15) is 44.5 Å². The highest BCUT2D eigenvalue weighted by Crippen LogP contribution is 2.41. The number of pyridine rings is 1. The molecule has 1 amide bonds. The van der Waals surface area contributed by atoms with Crippen molar-refractivity contribution in [3.63, 3.8) is 0 Å². The van der Waals surface area contributed by atoms with Crippen molar-refractivity contribution in [1.82, 2.24) is 4.98 Å². The number of amides is 1. The average molecular weight is 441 g/mol. The molecular formula is C25H19N3O5. The molecular weight excluding hydrogens is 422 g/mol. The van der Waals surface area contributed by atoms with Crippen LogP contribution < -0.4 is 10.3 Å². The molecule has 0 bridgehead atoms. The van der Waals surface area contributed by atoms with E-state index in [0.29, 0.717) is 28.0 Å². The fraction of sp³-hybridized carbons (Fsp3) is 0.160. The van der Waals surface area contributed by atoms with Crippen LogP contribution in [0.3, 0.4) is 0 Å². The summed E-state index contributed by atoms with van der Waals surface area (Å²) in [7, 11) is 0. The minimum atomic E-state index is -0.913. The first-order valence-electron chi connectivity index (χ1n) is 10.4. The quantitative estimate of drug-likeness (QED) is 0.335. The third kappa shape index (κ3) is 3.18. The van der Waals surface area contributed by atoms with Gasteiger partial charge in [-0.2, -0.15) is 0 Å². The fourth-order valence-electron chi connectivity index (χ4n) is 4.25. The van der Waals surface area contributed by atoms with Gasteiger partial charge in [0.25, 0.3) is 11.6 Å². The molecule has 2 aromatic heterocycles. The van der Waals surface area contributed by atoms with E-state index in [9.17, 15) is 19.7 Å². The maximum atomic E-state index is 13.7. The Morgan fingerprint density at radius 3 is 2.45 bits per heavy atom. The van der Waals surface area contributed by atoms with Crippen molar-refractivity contribution in [2.24, 2.45) is 0 Å². The molecule has 33 heavy (non-hydrogen) atoms. The van der Waals surface area contributed by atoms with E-state index in [1.54, 1.807) is 43.3 Å². The van der Waals surface area contributed by atoms with E-state index in [1.807, 2.05) is 13.8 Å². The second-order valence-electron chi connectivity index (χ2n) is 8.17. The number of fused-ring (bicyclic) bond motifs is 2. The summed E-state index contributed by atoms with van der Waals surface area (Å²) in [5, 5.41) is 11.8. The molecule has 8 nitrogen and oxygen atoms in total. The van der Waals surface area contributed by atoms with Crippen LogP contribution in [-0.4, -0.2) is 15.8 Å². The molecule has 1 aliphatic rings. The number of aryl methyl sites for hydroxylation is 3. The van der Waals surface area contributed by atoms with E-state index in [0.717, 1.165) is 11.1 Å². The van der Waals surface area contributed by atoms with Crippen LogP contribution in [0, 0.1) is 30.9 Å². The first-order valence-corrected chi connectivity index (χ1v) is 10.4. The Labute approximate surface area is 188 Å². The van der Waals surface area contributed by atoms with Crippen molar-refractivity contribution in [1.29, 1.82) is 0 Å². The lowest BCUT2D eigenvalue weighted by Crippen LogP contribution is -2.30. The second-order valence-corrected chi connectivity index (χ2v) is 8.17. The van der Waals surface area contributed by atoms with Crippen LogP contribution in [0.5, 0.6) is 0 Å². The molecule has 8 heteroatoms. The summed E-state index contributed by atoms with van der Waals surface area (Å²) < 4.78 is 5.99. The molecule has 1 atom stereocenters. The molecule has 0 unspecified atom stereocenters. The monoisotopic (exact) mass is 441 g/mol. The highest BCUT2D eigenvalue weighted by molar-refractivity contribution is 6.10. The van der Waals surface area contributed by atoms with Gasteiger partial charge in [0, 0.05) is 17.8 Å². The molecule has 0 spiro atoms. The van der Waals surface area contributed by atoms with Gasteiger partial charge in [-0.05, 0) is 61.7 Å². The topological polar surface area (TPSA) is 107 Å². The molecule has 0 saturated carbocycles. The van der Waals surface area contributed by atoms with Gasteiger partial charge in [0.1, 0.15) is 11.4 Å². The molecule has 1 aliphatic heterocycles. The van der Waals surface area contributed by atoms with Crippen molar-refractivity contribution in [3.05, 3.63) is 109 Å². The summed E-state index contributed by atoms with van der Waals surface area (Å²) in [6, 6.07) is 13.7. The summed E-state index contributed by atoms with van der Waals surface area (Å²) in [6.45, 7) is 5.59. The van der Waals surface area contributed by atoms with E-state index in [1.165, 1.54) is 23.1 Å². The number of carbonyl (C=O) groups is 1. The summed E-state index contributed by atoms with van der Waals surface area (Å²) >= 11 is 0. The fourth-order valence-corrected chi connectivity index (χ4v) is 4.25. The SMILES string of the molecule is Cc1cccc(N2C(=O)c3oc4cc(C)c(C)cc4c(=O)c3[C@H]2c2cccc([N+](=O)[O-])c2)n1. The lowest BCUT2D eigenvalue weighted by Gasteiger charge is -2.24. The summed E-state index contributed by atoms with van der Waals surface area (Å²) in [6.07, 6.45) is 0. The average Bonchev–Trinajstić information content (AvgIpc) is 3.08. The van der Waals surface area contributed by atoms with Gasteiger partial charge >= 0.3 is 0 Å². The van der Waals surface area contributed by atoms with Gasteiger partial charge < -0.3 is 4.42 Å². The number of aromatic nitrogens is 1. The number of nitrogens with zero attached hydrogens (tertiary/aromatic N) is 3. The predicted octanol–water partition coefficient (Wildman–Crippen LogP) is 4.77. The van der Waals surface area contributed by atoms with Crippen LogP contribution in [-0.2, 0) is 0 Å². The van der Waals surface area contributed by atoms with E-state index < -0.39 is 16.9 Å². The summed E-state index contributed by atoms with van der Waals surface area (Å²) in [5.74, 6) is -0.258. The summed E-state index contributed by atoms with van der Waals surface area (Å²) in [5.41, 5.74) is 2.97. The second kappa shape index (κ2) is 7.37. The molecule has 2 aromatic carbocycles. The van der Waals surface area contributed by atoms with Gasteiger partial charge in [-0.1, -0.05) is 18.2 Å². The largest absolute Gasteiger partial charge is 0.450 e. The Kier molecular flexibility index (Phi) is 4.59. The maximum Gasteiger partial charge on any atom is 0.296 e. The van der Waals surface area contributed by atoms with Crippen LogP contribution in [0.25, 0.3) is 11.0 Å². The van der Waals surface area contributed by atoms with Crippen molar-refractivity contribution in [2.75, 3.05) is 4.90 Å². The van der Waals surface area contributed by atoms with Crippen LogP contribution in [0.15, 0.2) is 63.8 Å². The van der Waals surface area contributed by atoms with Crippen LogP contribution in [0.4, 0.5) is 11.5 Å². The number of carbonyl (C=O) groups excluding carboxylic acids is 1. The van der Waals surface area contributed by atoms with Gasteiger partial charge in [0.15, 0.2) is 5.43 Å². The number of rotatable bonds is 3. The van der Waals surface area contributed by atoms with Gasteiger partial charge in [-0.3, -0.25) is 24.6 Å². The molecule has 0 radical (unpaired) electrons. The van der Waals surface area contributed by atoms with Crippen molar-refractivity contribution >= 4 is 28.4 Å². The number of hydrogen-bond acceptors (Lipinski definition) is 6. The van der Waals surface area contributed by atoms with Gasteiger partial charge in [0.05, 0.1) is 21.9 Å². The number of hydrogen-bond donors (Lipinski definition) is 0. The van der Waals surface area contributed by atoms with Crippen molar-refractivity contribution in [2.45, 2.75) is 26.8 Å². The minimum Gasteiger partial charge on any atom is -0.450 e. The standard InChI is InChI=1S/C25H19N3O5/c1-13-10-18-19(11-14(13)2)33-24-21(23(18)29)22(16-7-5-8-17(12-16)28(31)32)27(25(24)30)20-9-4-6-15(3)26-20/h4-12,22H,1-3H3/t22-/m1/s1. The van der Waals surface area contributed by atoms with Crippen LogP contribution >= 0.6 is 0 Å². The Bertz CT molecular complexity index is 1540. The van der Waals surface area contributed by atoms with Gasteiger partial charge in [-0.25, -0.2) is 4.98 Å². The molecule has 5 rings (SSSR count). The zero-order valence-corrected chi connectivity index (χ0v) is 18.2. The molecule has 0 N–H and O–H groups in total. The highest BCUT2D eigenvalue weighted by Gasteiger charge is 2.44. The normalized spacial score (nSPS) is 15.2. The highest BCUT2D eigenvalue weighted by atomic mass is 16.6. The first-order chi connectivity index (χ1) is 15.8. The van der Waals surface area contributed by atoms with E-state index in [2.05, 4.69) is 4.98 Å². The molecule has 0 saturated heterocycles. The van der Waals surface area contributed by atoms with E-state index in [4.69, 9.17) is 4.42 Å². The molecule has 3 heterocycles. The molecule has 0 aliphatic carbocycles. The van der Waals surface area contributed by atoms with E-state index >= 15 is 0 Å². The van der Waals surface area contributed by atoms with Crippen LogP contribution in [0.2, 0.25) is 0 Å². The van der Waals surface area contributed by atoms with Gasteiger partial charge in [0.2, 0.25) is 5.76 Å². The number of anilines is 1. The Morgan fingerprint density at radius 2 is 1.73 bits per heavy atom. The maximum absolute atomic E-state index is 13.7. The molecule has 0 fully saturated rings. The summed E-state index contributed by atoms with van der Waals surface area (Å²) in [4.78, 5) is 44.0. The Morgan fingerprint density at radius 1 is 1.00 bits per heavy atom. The third-order valence-corrected chi connectivity index (χ3v) is 6.00.